The molecular weight excluding hydrogens is 458 g/mol. The fourth-order valence-electron chi connectivity index (χ4n) is 3.80. The zero-order chi connectivity index (χ0) is 26.9. The molecule has 0 fully saturated rings. The number of benzene rings is 2. The number of rotatable bonds is 10. The van der Waals surface area contributed by atoms with Gasteiger partial charge < -0.3 is 25.0 Å². The van der Waals surface area contributed by atoms with Crippen LogP contribution in [0.15, 0.2) is 54.6 Å². The van der Waals surface area contributed by atoms with Gasteiger partial charge in [-0.2, -0.15) is 0 Å². The topological polar surface area (TPSA) is 97.0 Å². The van der Waals surface area contributed by atoms with Crippen LogP contribution in [0, 0.1) is 5.92 Å². The molecule has 2 aromatic carbocycles. The number of nitrogens with zero attached hydrogens (tertiary/aromatic N) is 1. The van der Waals surface area contributed by atoms with Crippen LogP contribution in [0.2, 0.25) is 0 Å². The van der Waals surface area contributed by atoms with Crippen molar-refractivity contribution in [2.45, 2.75) is 65.6 Å². The molecule has 0 aromatic heterocycles. The lowest BCUT2D eigenvalue weighted by Crippen LogP contribution is -2.52. The van der Waals surface area contributed by atoms with Crippen molar-refractivity contribution in [2.24, 2.45) is 5.92 Å². The van der Waals surface area contributed by atoms with Crippen LogP contribution in [0.5, 0.6) is 5.75 Å². The van der Waals surface area contributed by atoms with E-state index in [1.165, 1.54) is 4.90 Å². The van der Waals surface area contributed by atoms with Gasteiger partial charge in [0, 0.05) is 12.2 Å². The average molecular weight is 498 g/mol. The van der Waals surface area contributed by atoms with Gasteiger partial charge in [0.25, 0.3) is 5.91 Å². The molecule has 2 aromatic rings. The number of methoxy groups -OCH3 is 1. The van der Waals surface area contributed by atoms with Crippen molar-refractivity contribution in [3.05, 3.63) is 60.2 Å². The summed E-state index contributed by atoms with van der Waals surface area (Å²) >= 11 is 0. The Bertz CT molecular complexity index is 1000. The minimum absolute atomic E-state index is 0.121. The molecule has 0 radical (unpaired) electrons. The van der Waals surface area contributed by atoms with Gasteiger partial charge in [-0.15, -0.1) is 0 Å². The van der Waals surface area contributed by atoms with E-state index in [1.807, 2.05) is 51.1 Å². The second-order valence-corrected chi connectivity index (χ2v) is 9.98. The third-order valence-electron chi connectivity index (χ3n) is 5.35. The zero-order valence-electron chi connectivity index (χ0n) is 22.3. The van der Waals surface area contributed by atoms with E-state index in [1.54, 1.807) is 52.1 Å². The molecule has 0 aliphatic heterocycles. The molecular formula is C28H39N3O5. The van der Waals surface area contributed by atoms with E-state index in [9.17, 15) is 14.4 Å². The highest BCUT2D eigenvalue weighted by Crippen LogP contribution is 2.25. The Morgan fingerprint density at radius 1 is 0.972 bits per heavy atom. The van der Waals surface area contributed by atoms with Crippen LogP contribution in [0.25, 0.3) is 0 Å². The number of hydrogen-bond acceptors (Lipinski definition) is 5. The molecule has 0 aliphatic carbocycles. The predicted molar refractivity (Wildman–Crippen MR) is 141 cm³/mol. The molecule has 2 rings (SSSR count). The number of anilines is 1. The Balaban J connectivity index is 2.38. The molecule has 0 aliphatic rings. The summed E-state index contributed by atoms with van der Waals surface area (Å²) in [5.74, 6) is 0.0801. The van der Waals surface area contributed by atoms with Gasteiger partial charge in [-0.25, -0.2) is 4.79 Å². The first-order valence-electron chi connectivity index (χ1n) is 12.2. The molecule has 0 saturated heterocycles. The maximum absolute atomic E-state index is 13.8. The Kier molecular flexibility index (Phi) is 10.3. The van der Waals surface area contributed by atoms with Gasteiger partial charge in [-0.3, -0.25) is 9.59 Å². The molecule has 2 atom stereocenters. The molecule has 3 amide bonds. The molecule has 36 heavy (non-hydrogen) atoms. The fraction of sp³-hybridized carbons (Fsp3) is 0.464. The largest absolute Gasteiger partial charge is 0.497 e. The lowest BCUT2D eigenvalue weighted by Gasteiger charge is -2.34. The first kappa shape index (κ1) is 28.7. The highest BCUT2D eigenvalue weighted by atomic mass is 16.6. The Morgan fingerprint density at radius 2 is 1.58 bits per heavy atom. The summed E-state index contributed by atoms with van der Waals surface area (Å²) in [6.07, 6.45) is -0.271. The number of likely N-dealkylation sites (N-methyl/N-ethyl adjacent to an activating group) is 1. The maximum atomic E-state index is 13.8. The molecule has 0 saturated carbocycles. The zero-order valence-corrected chi connectivity index (χ0v) is 22.3. The summed E-state index contributed by atoms with van der Waals surface area (Å²) in [4.78, 5) is 41.4. The Morgan fingerprint density at radius 3 is 2.08 bits per heavy atom. The van der Waals surface area contributed by atoms with Gasteiger partial charge in [-0.05, 0) is 69.9 Å². The molecule has 0 spiro atoms. The first-order chi connectivity index (χ1) is 16.9. The summed E-state index contributed by atoms with van der Waals surface area (Å²) in [5, 5.41) is 5.64. The van der Waals surface area contributed by atoms with E-state index in [2.05, 4.69) is 10.6 Å². The summed E-state index contributed by atoms with van der Waals surface area (Å²) in [6.45, 7) is 11.3. The van der Waals surface area contributed by atoms with E-state index >= 15 is 0 Å². The molecule has 0 heterocycles. The van der Waals surface area contributed by atoms with Crippen molar-refractivity contribution in [3.63, 3.8) is 0 Å². The fourth-order valence-corrected chi connectivity index (χ4v) is 3.80. The van der Waals surface area contributed by atoms with Gasteiger partial charge >= 0.3 is 6.09 Å². The first-order valence-corrected chi connectivity index (χ1v) is 12.2. The monoisotopic (exact) mass is 497 g/mol. The quantitative estimate of drug-likeness (QED) is 0.472. The lowest BCUT2D eigenvalue weighted by molar-refractivity contribution is -0.140. The van der Waals surface area contributed by atoms with Gasteiger partial charge in [0.15, 0.2) is 0 Å². The second kappa shape index (κ2) is 13.0. The van der Waals surface area contributed by atoms with Crippen LogP contribution in [0.3, 0.4) is 0 Å². The van der Waals surface area contributed by atoms with Crippen LogP contribution < -0.4 is 15.4 Å². The number of carbonyl (C=O) groups excluding carboxylic acids is 3. The number of hydrogen-bond donors (Lipinski definition) is 2. The van der Waals surface area contributed by atoms with Crippen LogP contribution in [-0.4, -0.2) is 48.1 Å². The van der Waals surface area contributed by atoms with Crippen LogP contribution in [0.4, 0.5) is 10.5 Å². The van der Waals surface area contributed by atoms with Gasteiger partial charge in [0.1, 0.15) is 23.4 Å². The van der Waals surface area contributed by atoms with Gasteiger partial charge in [-0.1, -0.05) is 44.2 Å². The molecule has 196 valence electrons. The smallest absolute Gasteiger partial charge is 0.408 e. The number of alkyl carbamates (subject to hydrolysis) is 1. The van der Waals surface area contributed by atoms with Crippen LogP contribution in [0.1, 0.15) is 59.6 Å². The minimum Gasteiger partial charge on any atom is -0.497 e. The number of amides is 3. The van der Waals surface area contributed by atoms with Gasteiger partial charge in [0.05, 0.1) is 7.11 Å². The summed E-state index contributed by atoms with van der Waals surface area (Å²) in [7, 11) is 1.57. The summed E-state index contributed by atoms with van der Waals surface area (Å²) < 4.78 is 10.6. The van der Waals surface area contributed by atoms with Crippen LogP contribution >= 0.6 is 0 Å². The third-order valence-corrected chi connectivity index (χ3v) is 5.35. The Hall–Kier alpha value is -3.55. The number of nitrogens with one attached hydrogen (secondary N) is 2. The van der Waals surface area contributed by atoms with Crippen molar-refractivity contribution < 1.29 is 23.9 Å². The van der Waals surface area contributed by atoms with E-state index in [0.29, 0.717) is 23.4 Å². The SMILES string of the molecule is CCN(C(=O)C(CC(C)C)NC(=O)OC(C)(C)C)C(C(=O)Nc1ccc(OC)cc1)c1ccccc1. The minimum atomic E-state index is -0.902. The molecule has 2 N–H and O–H groups in total. The lowest BCUT2D eigenvalue weighted by atomic mass is 9.99. The van der Waals surface area contributed by atoms with Crippen molar-refractivity contribution in [2.75, 3.05) is 19.0 Å². The summed E-state index contributed by atoms with van der Waals surface area (Å²) in [6, 6.07) is 14.4. The van der Waals surface area contributed by atoms with E-state index < -0.39 is 23.8 Å². The van der Waals surface area contributed by atoms with Crippen molar-refractivity contribution in [1.82, 2.24) is 10.2 Å². The molecule has 8 nitrogen and oxygen atoms in total. The standard InChI is InChI=1S/C28H39N3O5/c1-8-31(26(33)23(18-19(2)3)30-27(34)36-28(4,5)6)24(20-12-10-9-11-13-20)25(32)29-21-14-16-22(35-7)17-15-21/h9-17,19,23-24H,8,18H2,1-7H3,(H,29,32)(H,30,34). The number of ether oxygens (including phenoxy) is 2. The van der Waals surface area contributed by atoms with Crippen molar-refractivity contribution >= 4 is 23.6 Å². The molecule has 0 bridgehead atoms. The van der Waals surface area contributed by atoms with E-state index in [4.69, 9.17) is 9.47 Å². The van der Waals surface area contributed by atoms with Crippen molar-refractivity contribution in [1.29, 1.82) is 0 Å². The van der Waals surface area contributed by atoms with Crippen molar-refractivity contribution in [3.8, 4) is 5.75 Å². The molecule has 2 unspecified atom stereocenters. The highest BCUT2D eigenvalue weighted by Gasteiger charge is 2.35. The highest BCUT2D eigenvalue weighted by molar-refractivity contribution is 5.99. The normalized spacial score (nSPS) is 12.9. The second-order valence-electron chi connectivity index (χ2n) is 9.98. The van der Waals surface area contributed by atoms with Gasteiger partial charge in [0.2, 0.25) is 5.91 Å². The number of carbonyl (C=O) groups is 3. The van der Waals surface area contributed by atoms with E-state index in [0.717, 1.165) is 0 Å². The molecule has 8 heteroatoms. The summed E-state index contributed by atoms with van der Waals surface area (Å²) in [5.41, 5.74) is 0.542. The Labute approximate surface area is 214 Å². The van der Waals surface area contributed by atoms with E-state index in [-0.39, 0.29) is 24.3 Å². The third kappa shape index (κ3) is 8.59. The maximum Gasteiger partial charge on any atom is 0.408 e. The average Bonchev–Trinajstić information content (AvgIpc) is 2.81. The van der Waals surface area contributed by atoms with Crippen LogP contribution in [-0.2, 0) is 14.3 Å². The predicted octanol–water partition coefficient (Wildman–Crippen LogP) is 5.16.